The zero-order valence-corrected chi connectivity index (χ0v) is 14.8. The molecule has 3 heteroatoms. The summed E-state index contributed by atoms with van der Waals surface area (Å²) in [4.78, 5) is 9.71. The van der Waals surface area contributed by atoms with E-state index in [2.05, 4.69) is 47.1 Å². The molecule has 0 aliphatic carbocycles. The highest BCUT2D eigenvalue weighted by molar-refractivity contribution is 9.10. The van der Waals surface area contributed by atoms with Crippen LogP contribution < -0.4 is 0 Å². The van der Waals surface area contributed by atoms with Crippen molar-refractivity contribution in [3.8, 4) is 22.6 Å². The fourth-order valence-corrected chi connectivity index (χ4v) is 3.52. The van der Waals surface area contributed by atoms with Gasteiger partial charge in [-0.2, -0.15) is 0 Å². The fraction of sp³-hybridized carbons (Fsp3) is 0.0476. The lowest BCUT2D eigenvalue weighted by atomic mass is 10.0. The molecule has 0 atom stereocenters. The summed E-state index contributed by atoms with van der Waals surface area (Å²) in [6.45, 7) is 2.09. The first-order valence-corrected chi connectivity index (χ1v) is 8.60. The zero-order chi connectivity index (χ0) is 16.5. The Balaban J connectivity index is 2.08. The summed E-state index contributed by atoms with van der Waals surface area (Å²) in [5.74, 6) is 0.742. The number of halogens is 1. The molecule has 0 bridgehead atoms. The fourth-order valence-electron chi connectivity index (χ4n) is 2.86. The molecule has 3 aromatic carbocycles. The van der Waals surface area contributed by atoms with Gasteiger partial charge in [0.15, 0.2) is 5.82 Å². The second kappa shape index (κ2) is 6.17. The van der Waals surface area contributed by atoms with Gasteiger partial charge in [0.2, 0.25) is 0 Å². The maximum atomic E-state index is 4.89. The van der Waals surface area contributed by atoms with Crippen molar-refractivity contribution in [2.45, 2.75) is 6.92 Å². The molecule has 4 rings (SSSR count). The van der Waals surface area contributed by atoms with E-state index in [1.54, 1.807) is 0 Å². The van der Waals surface area contributed by atoms with Crippen molar-refractivity contribution < 1.29 is 0 Å². The van der Waals surface area contributed by atoms with Gasteiger partial charge < -0.3 is 0 Å². The van der Waals surface area contributed by atoms with Gasteiger partial charge in [-0.3, -0.25) is 0 Å². The number of rotatable bonds is 2. The summed E-state index contributed by atoms with van der Waals surface area (Å²) >= 11 is 3.67. The van der Waals surface area contributed by atoms with Crippen LogP contribution in [-0.2, 0) is 0 Å². The minimum absolute atomic E-state index is 0.742. The molecule has 0 radical (unpaired) electrons. The molecule has 24 heavy (non-hydrogen) atoms. The van der Waals surface area contributed by atoms with Crippen LogP contribution in [0, 0.1) is 6.92 Å². The molecule has 0 saturated carbocycles. The van der Waals surface area contributed by atoms with Crippen LogP contribution in [0.3, 0.4) is 0 Å². The second-order valence-electron chi connectivity index (χ2n) is 5.77. The average Bonchev–Trinajstić information content (AvgIpc) is 2.62. The SMILES string of the molecule is Cc1cc(Br)c2nc(-c3ccccc3)nc(-c3ccccc3)c2c1. The Morgan fingerprint density at radius 1 is 0.750 bits per heavy atom. The quantitative estimate of drug-likeness (QED) is 0.427. The van der Waals surface area contributed by atoms with E-state index < -0.39 is 0 Å². The van der Waals surface area contributed by atoms with E-state index in [1.807, 2.05) is 48.5 Å². The molecule has 0 fully saturated rings. The molecule has 0 N–H and O–H groups in total. The summed E-state index contributed by atoms with van der Waals surface area (Å²) in [7, 11) is 0. The molecule has 0 amide bonds. The maximum absolute atomic E-state index is 4.89. The van der Waals surface area contributed by atoms with Gasteiger partial charge in [0.1, 0.15) is 0 Å². The van der Waals surface area contributed by atoms with E-state index in [-0.39, 0.29) is 0 Å². The van der Waals surface area contributed by atoms with Crippen molar-refractivity contribution in [3.05, 3.63) is 82.8 Å². The zero-order valence-electron chi connectivity index (χ0n) is 13.2. The molecule has 2 nitrogen and oxygen atoms in total. The summed E-state index contributed by atoms with van der Waals surface area (Å²) < 4.78 is 0.995. The first-order chi connectivity index (χ1) is 11.7. The molecule has 4 aromatic rings. The van der Waals surface area contributed by atoms with E-state index >= 15 is 0 Å². The van der Waals surface area contributed by atoms with Gasteiger partial charge in [0.25, 0.3) is 0 Å². The topological polar surface area (TPSA) is 25.8 Å². The Morgan fingerprint density at radius 3 is 2.04 bits per heavy atom. The van der Waals surface area contributed by atoms with Gasteiger partial charge in [-0.05, 0) is 40.5 Å². The van der Waals surface area contributed by atoms with E-state index in [0.717, 1.165) is 38.0 Å². The molecule has 1 aromatic heterocycles. The number of aryl methyl sites for hydroxylation is 1. The van der Waals surface area contributed by atoms with Gasteiger partial charge >= 0.3 is 0 Å². The monoisotopic (exact) mass is 374 g/mol. The van der Waals surface area contributed by atoms with Gasteiger partial charge in [0.05, 0.1) is 11.2 Å². The number of hydrogen-bond acceptors (Lipinski definition) is 2. The molecule has 1 heterocycles. The third kappa shape index (κ3) is 2.72. The van der Waals surface area contributed by atoms with E-state index in [1.165, 1.54) is 5.56 Å². The first-order valence-electron chi connectivity index (χ1n) is 7.81. The van der Waals surface area contributed by atoms with Gasteiger partial charge in [0, 0.05) is 21.0 Å². The Hall–Kier alpha value is -2.52. The Morgan fingerprint density at radius 2 is 1.38 bits per heavy atom. The summed E-state index contributed by atoms with van der Waals surface area (Å²) in [5.41, 5.74) is 5.20. The van der Waals surface area contributed by atoms with Crippen LogP contribution in [0.1, 0.15) is 5.56 Å². The number of hydrogen-bond donors (Lipinski definition) is 0. The van der Waals surface area contributed by atoms with E-state index in [4.69, 9.17) is 9.97 Å². The van der Waals surface area contributed by atoms with E-state index in [0.29, 0.717) is 0 Å². The van der Waals surface area contributed by atoms with Gasteiger partial charge in [-0.25, -0.2) is 9.97 Å². The van der Waals surface area contributed by atoms with Gasteiger partial charge in [-0.15, -0.1) is 0 Å². The molecule has 0 saturated heterocycles. The average molecular weight is 375 g/mol. The minimum atomic E-state index is 0.742. The standard InChI is InChI=1S/C21H15BrN2/c1-14-12-17-19(15-8-4-2-5-9-15)23-21(16-10-6-3-7-11-16)24-20(17)18(22)13-14/h2-13H,1H3. The highest BCUT2D eigenvalue weighted by Gasteiger charge is 2.13. The lowest BCUT2D eigenvalue weighted by molar-refractivity contribution is 1.22. The normalized spacial score (nSPS) is 10.9. The number of aromatic nitrogens is 2. The predicted octanol–water partition coefficient (Wildman–Crippen LogP) is 6.03. The largest absolute Gasteiger partial charge is 0.227 e. The molecule has 0 spiro atoms. The molecule has 0 unspecified atom stereocenters. The van der Waals surface area contributed by atoms with Crippen molar-refractivity contribution in [2.75, 3.05) is 0 Å². The summed E-state index contributed by atoms with van der Waals surface area (Å²) in [6, 6.07) is 24.6. The highest BCUT2D eigenvalue weighted by Crippen LogP contribution is 2.33. The molecule has 0 aliphatic rings. The lowest BCUT2D eigenvalue weighted by Crippen LogP contribution is -1.96. The molecular formula is C21H15BrN2. The third-order valence-corrected chi connectivity index (χ3v) is 4.58. The van der Waals surface area contributed by atoms with Crippen molar-refractivity contribution in [1.82, 2.24) is 9.97 Å². The number of fused-ring (bicyclic) bond motifs is 1. The maximum Gasteiger partial charge on any atom is 0.160 e. The lowest BCUT2D eigenvalue weighted by Gasteiger charge is -2.11. The van der Waals surface area contributed by atoms with Crippen LogP contribution in [0.15, 0.2) is 77.3 Å². The van der Waals surface area contributed by atoms with Crippen molar-refractivity contribution in [1.29, 1.82) is 0 Å². The van der Waals surface area contributed by atoms with Crippen molar-refractivity contribution in [2.24, 2.45) is 0 Å². The van der Waals surface area contributed by atoms with Crippen LogP contribution in [0.5, 0.6) is 0 Å². The smallest absolute Gasteiger partial charge is 0.160 e. The molecule has 0 aliphatic heterocycles. The molecule has 116 valence electrons. The number of benzene rings is 3. The van der Waals surface area contributed by atoms with Crippen molar-refractivity contribution >= 4 is 26.8 Å². The summed E-state index contributed by atoms with van der Waals surface area (Å²) in [6.07, 6.45) is 0. The number of nitrogens with zero attached hydrogens (tertiary/aromatic N) is 2. The molecular weight excluding hydrogens is 360 g/mol. The van der Waals surface area contributed by atoms with Crippen LogP contribution in [0.2, 0.25) is 0 Å². The third-order valence-electron chi connectivity index (χ3n) is 3.98. The highest BCUT2D eigenvalue weighted by atomic mass is 79.9. The Bertz CT molecular complexity index is 1010. The minimum Gasteiger partial charge on any atom is -0.227 e. The van der Waals surface area contributed by atoms with Crippen molar-refractivity contribution in [3.63, 3.8) is 0 Å². The Kier molecular flexibility index (Phi) is 3.87. The first kappa shape index (κ1) is 15.0. The van der Waals surface area contributed by atoms with Crippen LogP contribution in [-0.4, -0.2) is 9.97 Å². The van der Waals surface area contributed by atoms with Gasteiger partial charge in [-0.1, -0.05) is 60.7 Å². The summed E-state index contributed by atoms with van der Waals surface area (Å²) in [5, 5.41) is 1.06. The van der Waals surface area contributed by atoms with Crippen LogP contribution in [0.4, 0.5) is 0 Å². The second-order valence-corrected chi connectivity index (χ2v) is 6.63. The van der Waals surface area contributed by atoms with E-state index in [9.17, 15) is 0 Å². The van der Waals surface area contributed by atoms with Crippen LogP contribution >= 0.6 is 15.9 Å². The predicted molar refractivity (Wildman–Crippen MR) is 103 cm³/mol. The van der Waals surface area contributed by atoms with Crippen LogP contribution in [0.25, 0.3) is 33.5 Å². The Labute approximate surface area is 149 Å².